The van der Waals surface area contributed by atoms with Crippen LogP contribution in [0.5, 0.6) is 17.2 Å². The number of rotatable bonds is 4. The van der Waals surface area contributed by atoms with Gasteiger partial charge in [0.15, 0.2) is 11.5 Å². The average molecular weight is 256 g/mol. The normalized spacial score (nSPS) is 11.8. The summed E-state index contributed by atoms with van der Waals surface area (Å²) in [7, 11) is 1.47. The van der Waals surface area contributed by atoms with Crippen molar-refractivity contribution in [2.75, 3.05) is 7.11 Å². The van der Waals surface area contributed by atoms with Crippen LogP contribution in [0, 0.1) is 0 Å². The predicted octanol–water partition coefficient (Wildman–Crippen LogP) is 3.42. The lowest BCUT2D eigenvalue weighted by Crippen LogP contribution is -1.99. The average Bonchev–Trinajstić information content (AvgIpc) is 2.43. The highest BCUT2D eigenvalue weighted by molar-refractivity contribution is 5.53. The Morgan fingerprint density at radius 3 is 2.37 bits per heavy atom. The second kappa shape index (κ2) is 5.48. The smallest absolute Gasteiger partial charge is 0.161 e. The maximum absolute atomic E-state index is 10.0. The molecule has 19 heavy (non-hydrogen) atoms. The number of phenolic OH excluding ortho intramolecular Hbond substituents is 2. The van der Waals surface area contributed by atoms with E-state index < -0.39 is 0 Å². The molecule has 1 unspecified atom stereocenters. The van der Waals surface area contributed by atoms with Crippen LogP contribution in [0.15, 0.2) is 55.1 Å². The summed E-state index contributed by atoms with van der Waals surface area (Å²) in [6, 6.07) is 12.6. The number of aromatic hydroxyl groups is 2. The summed E-state index contributed by atoms with van der Waals surface area (Å²) < 4.78 is 5.08. The molecule has 2 rings (SSSR count). The Balaban J connectivity index is 2.53. The maximum atomic E-state index is 10.0. The van der Waals surface area contributed by atoms with E-state index >= 15 is 0 Å². The standard InChI is InChI=1S/C16H16O3/c1-3-12(11-7-5-4-6-8-11)13-9-16(19-2)15(18)10-14(13)17/h3-10,12,17-18H,1H2,2H3. The maximum Gasteiger partial charge on any atom is 0.161 e. The van der Waals surface area contributed by atoms with Crippen molar-refractivity contribution in [1.82, 2.24) is 0 Å². The number of hydrogen-bond acceptors (Lipinski definition) is 3. The number of phenols is 2. The predicted molar refractivity (Wildman–Crippen MR) is 74.8 cm³/mol. The van der Waals surface area contributed by atoms with E-state index in [1.165, 1.54) is 13.2 Å². The SMILES string of the molecule is C=CC(c1ccccc1)c1cc(OC)c(O)cc1O. The summed E-state index contributed by atoms with van der Waals surface area (Å²) in [5.74, 6) is 0.109. The van der Waals surface area contributed by atoms with Crippen molar-refractivity contribution in [3.8, 4) is 17.2 Å². The van der Waals surface area contributed by atoms with Crippen molar-refractivity contribution < 1.29 is 14.9 Å². The highest BCUT2D eigenvalue weighted by Crippen LogP contribution is 2.39. The van der Waals surface area contributed by atoms with Gasteiger partial charge in [-0.05, 0) is 11.6 Å². The van der Waals surface area contributed by atoms with Crippen molar-refractivity contribution in [2.45, 2.75) is 5.92 Å². The Morgan fingerprint density at radius 1 is 1.11 bits per heavy atom. The van der Waals surface area contributed by atoms with Gasteiger partial charge in [0.25, 0.3) is 0 Å². The van der Waals surface area contributed by atoms with Crippen molar-refractivity contribution in [3.05, 3.63) is 66.2 Å². The van der Waals surface area contributed by atoms with E-state index in [0.717, 1.165) is 5.56 Å². The van der Waals surface area contributed by atoms with Crippen LogP contribution >= 0.6 is 0 Å². The first kappa shape index (κ1) is 13.0. The molecule has 0 saturated heterocycles. The zero-order valence-corrected chi connectivity index (χ0v) is 10.7. The first-order valence-electron chi connectivity index (χ1n) is 5.94. The second-order valence-electron chi connectivity index (χ2n) is 4.21. The highest BCUT2D eigenvalue weighted by atomic mass is 16.5. The van der Waals surface area contributed by atoms with Gasteiger partial charge in [-0.3, -0.25) is 0 Å². The molecule has 0 fully saturated rings. The quantitative estimate of drug-likeness (QED) is 0.824. The molecule has 0 bridgehead atoms. The third-order valence-corrected chi connectivity index (χ3v) is 3.06. The van der Waals surface area contributed by atoms with E-state index in [9.17, 15) is 10.2 Å². The molecular formula is C16H16O3. The number of allylic oxidation sites excluding steroid dienone is 1. The Morgan fingerprint density at radius 2 is 1.79 bits per heavy atom. The Kier molecular flexibility index (Phi) is 3.76. The molecule has 0 spiro atoms. The number of hydrogen-bond donors (Lipinski definition) is 2. The zero-order chi connectivity index (χ0) is 13.8. The topological polar surface area (TPSA) is 49.7 Å². The molecule has 1 atom stereocenters. The van der Waals surface area contributed by atoms with Gasteiger partial charge in [-0.2, -0.15) is 0 Å². The number of ether oxygens (including phenoxy) is 1. The first-order valence-corrected chi connectivity index (χ1v) is 5.94. The van der Waals surface area contributed by atoms with Gasteiger partial charge >= 0.3 is 0 Å². The summed E-state index contributed by atoms with van der Waals surface area (Å²) in [5.41, 5.74) is 1.66. The molecule has 0 amide bonds. The van der Waals surface area contributed by atoms with Crippen molar-refractivity contribution >= 4 is 0 Å². The molecule has 0 radical (unpaired) electrons. The van der Waals surface area contributed by atoms with Crippen molar-refractivity contribution in [1.29, 1.82) is 0 Å². The van der Waals surface area contributed by atoms with Crippen LogP contribution in [-0.2, 0) is 0 Å². The molecule has 2 N–H and O–H groups in total. The summed E-state index contributed by atoms with van der Waals surface area (Å²) in [5, 5.41) is 19.6. The fraction of sp³-hybridized carbons (Fsp3) is 0.125. The minimum Gasteiger partial charge on any atom is -0.507 e. The lowest BCUT2D eigenvalue weighted by molar-refractivity contribution is 0.368. The summed E-state index contributed by atoms with van der Waals surface area (Å²) in [4.78, 5) is 0. The molecule has 3 nitrogen and oxygen atoms in total. The molecule has 2 aromatic carbocycles. The number of benzene rings is 2. The fourth-order valence-corrected chi connectivity index (χ4v) is 2.09. The molecular weight excluding hydrogens is 240 g/mol. The van der Waals surface area contributed by atoms with Gasteiger partial charge in [0.1, 0.15) is 5.75 Å². The fourth-order valence-electron chi connectivity index (χ4n) is 2.09. The molecule has 0 aliphatic carbocycles. The molecule has 3 heteroatoms. The molecule has 0 aliphatic heterocycles. The van der Waals surface area contributed by atoms with Gasteiger partial charge in [-0.1, -0.05) is 36.4 Å². The number of methoxy groups -OCH3 is 1. The van der Waals surface area contributed by atoms with Crippen LogP contribution in [0.2, 0.25) is 0 Å². The highest BCUT2D eigenvalue weighted by Gasteiger charge is 2.17. The second-order valence-corrected chi connectivity index (χ2v) is 4.21. The molecule has 0 heterocycles. The third kappa shape index (κ3) is 2.55. The van der Waals surface area contributed by atoms with E-state index in [1.54, 1.807) is 12.1 Å². The summed E-state index contributed by atoms with van der Waals surface area (Å²) in [6.45, 7) is 3.82. The zero-order valence-electron chi connectivity index (χ0n) is 10.7. The molecule has 0 saturated carbocycles. The van der Waals surface area contributed by atoms with Crippen molar-refractivity contribution in [3.63, 3.8) is 0 Å². The summed E-state index contributed by atoms with van der Waals surface area (Å²) in [6.07, 6.45) is 1.75. The van der Waals surface area contributed by atoms with E-state index in [-0.39, 0.29) is 17.4 Å². The van der Waals surface area contributed by atoms with Gasteiger partial charge < -0.3 is 14.9 Å². The lowest BCUT2D eigenvalue weighted by Gasteiger charge is -2.16. The summed E-state index contributed by atoms with van der Waals surface area (Å²) >= 11 is 0. The van der Waals surface area contributed by atoms with Crippen LogP contribution in [0.25, 0.3) is 0 Å². The Hall–Kier alpha value is -2.42. The molecule has 0 aliphatic rings. The van der Waals surface area contributed by atoms with Crippen LogP contribution in [0.4, 0.5) is 0 Å². The van der Waals surface area contributed by atoms with Crippen LogP contribution in [0.1, 0.15) is 17.0 Å². The minimum absolute atomic E-state index is 0.0204. The Labute approximate surface area is 112 Å². The van der Waals surface area contributed by atoms with E-state index in [4.69, 9.17) is 4.74 Å². The van der Waals surface area contributed by atoms with Crippen LogP contribution in [0.3, 0.4) is 0 Å². The molecule has 0 aromatic heterocycles. The van der Waals surface area contributed by atoms with Gasteiger partial charge in [0.05, 0.1) is 7.11 Å². The minimum atomic E-state index is -0.157. The van der Waals surface area contributed by atoms with E-state index in [0.29, 0.717) is 11.3 Å². The van der Waals surface area contributed by atoms with Crippen LogP contribution in [-0.4, -0.2) is 17.3 Å². The monoisotopic (exact) mass is 256 g/mol. The first-order chi connectivity index (χ1) is 9.17. The van der Waals surface area contributed by atoms with Gasteiger partial charge in [-0.15, -0.1) is 6.58 Å². The van der Waals surface area contributed by atoms with Gasteiger partial charge in [-0.25, -0.2) is 0 Å². The van der Waals surface area contributed by atoms with Gasteiger partial charge in [0, 0.05) is 17.5 Å². The van der Waals surface area contributed by atoms with E-state index in [2.05, 4.69) is 6.58 Å². The third-order valence-electron chi connectivity index (χ3n) is 3.06. The molecule has 2 aromatic rings. The Bertz CT molecular complexity index is 576. The lowest BCUT2D eigenvalue weighted by atomic mass is 9.90. The largest absolute Gasteiger partial charge is 0.507 e. The van der Waals surface area contributed by atoms with Crippen molar-refractivity contribution in [2.24, 2.45) is 0 Å². The van der Waals surface area contributed by atoms with E-state index in [1.807, 2.05) is 30.3 Å². The van der Waals surface area contributed by atoms with Gasteiger partial charge in [0.2, 0.25) is 0 Å². The molecule has 98 valence electrons. The van der Waals surface area contributed by atoms with Crippen LogP contribution < -0.4 is 4.74 Å².